The van der Waals surface area contributed by atoms with E-state index in [0.717, 1.165) is 88.8 Å². The molecule has 5 nitrogen and oxygen atoms in total. The standard InChI is InChI=1S/C34H30N2O3/c37-34(38-17-14-22-8-2-1-3-9-22)26-13-5-4-12-25(26)33-27-18-23-10-6-15-35-29(23)20-31(27)39-32-21-30-24(19-28(32)33)11-7-16-36-30/h1-5,8-9,12-13,18-21,35H,6-7,10-11,14-17H2. The minimum Gasteiger partial charge on any atom is -0.462 e. The van der Waals surface area contributed by atoms with E-state index >= 15 is 0 Å². The van der Waals surface area contributed by atoms with Crippen LogP contribution in [0.25, 0.3) is 5.57 Å². The average molecular weight is 515 g/mol. The van der Waals surface area contributed by atoms with E-state index in [9.17, 15) is 4.79 Å². The summed E-state index contributed by atoms with van der Waals surface area (Å²) in [5, 5.41) is 5.54. The van der Waals surface area contributed by atoms with Crippen LogP contribution in [-0.2, 0) is 24.0 Å². The molecule has 0 aliphatic carbocycles. The van der Waals surface area contributed by atoms with Crippen molar-refractivity contribution in [2.24, 2.45) is 4.99 Å². The van der Waals surface area contributed by atoms with Crippen molar-refractivity contribution in [3.05, 3.63) is 123 Å². The molecule has 1 N–H and O–H groups in total. The number of anilines is 1. The molecule has 5 heteroatoms. The lowest BCUT2D eigenvalue weighted by atomic mass is 9.87. The fourth-order valence-corrected chi connectivity index (χ4v) is 5.90. The van der Waals surface area contributed by atoms with Crippen LogP contribution in [0.3, 0.4) is 0 Å². The molecule has 4 aromatic carbocycles. The van der Waals surface area contributed by atoms with Gasteiger partial charge < -0.3 is 14.8 Å². The maximum absolute atomic E-state index is 13.5. The lowest BCUT2D eigenvalue weighted by molar-refractivity contribution is 0.0509. The van der Waals surface area contributed by atoms with Crippen LogP contribution in [0.5, 0.6) is 11.5 Å². The third-order valence-electron chi connectivity index (χ3n) is 7.85. The molecule has 0 saturated carbocycles. The molecule has 3 aliphatic heterocycles. The zero-order valence-electron chi connectivity index (χ0n) is 21.8. The molecule has 0 unspecified atom stereocenters. The number of rotatable bonds is 5. The summed E-state index contributed by atoms with van der Waals surface area (Å²) in [5.41, 5.74) is 8.24. The summed E-state index contributed by atoms with van der Waals surface area (Å²) in [6.07, 6.45) is 4.82. The molecule has 0 fully saturated rings. The van der Waals surface area contributed by atoms with Gasteiger partial charge in [-0.15, -0.1) is 0 Å². The lowest BCUT2D eigenvalue weighted by Gasteiger charge is -2.27. The quantitative estimate of drug-likeness (QED) is 0.321. The van der Waals surface area contributed by atoms with Gasteiger partial charge in [0.2, 0.25) is 0 Å². The van der Waals surface area contributed by atoms with Crippen molar-refractivity contribution in [1.82, 2.24) is 0 Å². The van der Waals surface area contributed by atoms with Crippen molar-refractivity contribution in [1.29, 1.82) is 0 Å². The monoisotopic (exact) mass is 514 g/mol. The number of benzene rings is 4. The number of esters is 1. The highest BCUT2D eigenvalue weighted by atomic mass is 16.5. The molecule has 0 aromatic heterocycles. The second kappa shape index (κ2) is 10.1. The largest absolute Gasteiger partial charge is 0.462 e. The Balaban J connectivity index is 1.36. The SMILES string of the molecule is O=C(OCCc1ccccc1)c1ccccc1C1=c2cc3c(cc2Oc2cc4c(cc21)CCCN4)=NCCC3. The molecule has 7 rings (SSSR count). The van der Waals surface area contributed by atoms with E-state index in [4.69, 9.17) is 14.5 Å². The summed E-state index contributed by atoms with van der Waals surface area (Å²) in [6.45, 7) is 2.13. The van der Waals surface area contributed by atoms with E-state index in [2.05, 4.69) is 41.7 Å². The van der Waals surface area contributed by atoms with Crippen LogP contribution in [0, 0.1) is 0 Å². The average Bonchev–Trinajstić information content (AvgIpc) is 2.98. The van der Waals surface area contributed by atoms with Crippen LogP contribution >= 0.6 is 0 Å². The second-order valence-corrected chi connectivity index (χ2v) is 10.4. The van der Waals surface area contributed by atoms with Gasteiger partial charge in [0, 0.05) is 53.7 Å². The van der Waals surface area contributed by atoms with Crippen LogP contribution in [0.2, 0.25) is 0 Å². The topological polar surface area (TPSA) is 59.9 Å². The molecule has 0 bridgehead atoms. The number of hydrogen-bond donors (Lipinski definition) is 1. The molecule has 0 amide bonds. The summed E-state index contributed by atoms with van der Waals surface area (Å²) in [4.78, 5) is 18.2. The van der Waals surface area contributed by atoms with Gasteiger partial charge in [-0.1, -0.05) is 48.5 Å². The van der Waals surface area contributed by atoms with Gasteiger partial charge in [0.05, 0.1) is 17.5 Å². The zero-order chi connectivity index (χ0) is 26.2. The second-order valence-electron chi connectivity index (χ2n) is 10.4. The highest BCUT2D eigenvalue weighted by Crippen LogP contribution is 2.41. The summed E-state index contributed by atoms with van der Waals surface area (Å²) in [5.74, 6) is 1.27. The molecule has 39 heavy (non-hydrogen) atoms. The summed E-state index contributed by atoms with van der Waals surface area (Å²) in [7, 11) is 0. The van der Waals surface area contributed by atoms with Gasteiger partial charge in [0.15, 0.2) is 0 Å². The predicted molar refractivity (Wildman–Crippen MR) is 152 cm³/mol. The van der Waals surface area contributed by atoms with E-state index < -0.39 is 0 Å². The van der Waals surface area contributed by atoms with Gasteiger partial charge in [-0.3, -0.25) is 4.99 Å². The van der Waals surface area contributed by atoms with E-state index in [1.54, 1.807) is 0 Å². The van der Waals surface area contributed by atoms with Crippen molar-refractivity contribution >= 4 is 17.2 Å². The van der Waals surface area contributed by atoms with Crippen molar-refractivity contribution in [2.45, 2.75) is 32.1 Å². The number of carbonyl (C=O) groups excluding carboxylic acids is 1. The summed E-state index contributed by atoms with van der Waals surface area (Å²) >= 11 is 0. The number of ether oxygens (including phenoxy) is 2. The van der Waals surface area contributed by atoms with Gasteiger partial charge in [0.25, 0.3) is 0 Å². The van der Waals surface area contributed by atoms with Crippen LogP contribution in [-0.4, -0.2) is 25.7 Å². The minimum atomic E-state index is -0.309. The molecule has 0 spiro atoms. The molecule has 3 aliphatic rings. The van der Waals surface area contributed by atoms with Crippen molar-refractivity contribution in [3.8, 4) is 11.5 Å². The summed E-state index contributed by atoms with van der Waals surface area (Å²) in [6, 6.07) is 26.6. The van der Waals surface area contributed by atoms with E-state index in [1.807, 2.05) is 42.5 Å². The van der Waals surface area contributed by atoms with Gasteiger partial charge in [-0.25, -0.2) is 4.79 Å². The number of nitrogens with one attached hydrogen (secondary N) is 1. The van der Waals surface area contributed by atoms with Crippen LogP contribution < -0.4 is 20.6 Å². The molecular formula is C34H30N2O3. The Kier molecular flexibility index (Phi) is 6.12. The molecule has 194 valence electrons. The van der Waals surface area contributed by atoms with Gasteiger partial charge in [-0.05, 0) is 66.1 Å². The van der Waals surface area contributed by atoms with Crippen LogP contribution in [0.1, 0.15) is 51.0 Å². The maximum atomic E-state index is 13.5. The predicted octanol–water partition coefficient (Wildman–Crippen LogP) is 5.36. The first-order valence-corrected chi connectivity index (χ1v) is 13.9. The van der Waals surface area contributed by atoms with Crippen LogP contribution in [0.4, 0.5) is 5.69 Å². The molecular weight excluding hydrogens is 484 g/mol. The third-order valence-corrected chi connectivity index (χ3v) is 7.85. The van der Waals surface area contributed by atoms with E-state index in [1.165, 1.54) is 11.1 Å². The van der Waals surface area contributed by atoms with E-state index in [-0.39, 0.29) is 5.97 Å². The first kappa shape index (κ1) is 23.7. The van der Waals surface area contributed by atoms with Crippen molar-refractivity contribution in [2.75, 3.05) is 25.0 Å². The molecule has 0 atom stereocenters. The fourth-order valence-electron chi connectivity index (χ4n) is 5.90. The van der Waals surface area contributed by atoms with Crippen LogP contribution in [0.15, 0.2) is 83.9 Å². The summed E-state index contributed by atoms with van der Waals surface area (Å²) < 4.78 is 12.4. The first-order valence-electron chi connectivity index (χ1n) is 13.9. The van der Waals surface area contributed by atoms with E-state index in [0.29, 0.717) is 18.6 Å². The minimum absolute atomic E-state index is 0.309. The Morgan fingerprint density at radius 1 is 0.872 bits per heavy atom. The molecule has 0 radical (unpaired) electrons. The molecule has 4 aromatic rings. The number of aryl methyl sites for hydroxylation is 2. The van der Waals surface area contributed by atoms with Gasteiger partial charge in [0.1, 0.15) is 11.5 Å². The van der Waals surface area contributed by atoms with Crippen molar-refractivity contribution in [3.63, 3.8) is 0 Å². The highest BCUT2D eigenvalue weighted by molar-refractivity contribution is 5.99. The normalized spacial score (nSPS) is 14.9. The third kappa shape index (κ3) is 4.48. The first-order chi connectivity index (χ1) is 19.2. The van der Waals surface area contributed by atoms with Gasteiger partial charge in [-0.2, -0.15) is 0 Å². The number of fused-ring (bicyclic) bond motifs is 4. The van der Waals surface area contributed by atoms with Crippen molar-refractivity contribution < 1.29 is 14.3 Å². The fraction of sp³-hybridized carbons (Fsp3) is 0.235. The number of hydrogen-bond acceptors (Lipinski definition) is 5. The maximum Gasteiger partial charge on any atom is 0.338 e. The number of carbonyl (C=O) groups is 1. The Morgan fingerprint density at radius 3 is 2.64 bits per heavy atom. The molecule has 3 heterocycles. The number of nitrogens with zero attached hydrogens (tertiary/aromatic N) is 1. The Labute approximate surface area is 227 Å². The molecule has 0 saturated heterocycles. The lowest BCUT2D eigenvalue weighted by Crippen LogP contribution is -2.26. The highest BCUT2D eigenvalue weighted by Gasteiger charge is 2.27. The smallest absolute Gasteiger partial charge is 0.338 e. The Bertz CT molecular complexity index is 1710. The zero-order valence-corrected chi connectivity index (χ0v) is 21.8. The Hall–Kier alpha value is -4.38. The Morgan fingerprint density at radius 2 is 1.72 bits per heavy atom. The van der Waals surface area contributed by atoms with Gasteiger partial charge >= 0.3 is 5.97 Å².